The Labute approximate surface area is 241 Å². The van der Waals surface area contributed by atoms with Gasteiger partial charge >= 0.3 is 0 Å². The molecular weight excluding hydrogens is 518 g/mol. The predicted molar refractivity (Wildman–Crippen MR) is 163 cm³/mol. The van der Waals surface area contributed by atoms with Crippen molar-refractivity contribution in [3.05, 3.63) is 107 Å². The standard InChI is InChI=1S/C32H35N5O2S/c1-20-13-14-21(2)27(18-20)37-22(3)19-24(23(37)4)31-30(26-11-8-9-16-33-26)35-32(40)36(31)17-15-29(38)34-25-10-6-7-12-28(25)39-5/h6-14,16,18-19,30-31H,15,17H2,1-5H3,(H,34,38)(H,35,40)/t30-,31+/m1/s1. The molecule has 0 spiro atoms. The van der Waals surface area contributed by atoms with E-state index in [0.717, 1.165) is 22.6 Å². The van der Waals surface area contributed by atoms with Crippen molar-refractivity contribution in [2.75, 3.05) is 19.0 Å². The van der Waals surface area contributed by atoms with Gasteiger partial charge in [0.15, 0.2) is 5.11 Å². The summed E-state index contributed by atoms with van der Waals surface area (Å²) in [4.78, 5) is 19.8. The van der Waals surface area contributed by atoms with Crippen LogP contribution < -0.4 is 15.4 Å². The van der Waals surface area contributed by atoms with E-state index >= 15 is 0 Å². The molecule has 0 bridgehead atoms. The number of anilines is 1. The van der Waals surface area contributed by atoms with E-state index in [1.807, 2.05) is 42.5 Å². The average Bonchev–Trinajstić information content (AvgIpc) is 3.43. The minimum absolute atomic E-state index is 0.104. The number of hydrogen-bond acceptors (Lipinski definition) is 4. The lowest BCUT2D eigenvalue weighted by Gasteiger charge is -2.28. The molecule has 1 saturated heterocycles. The fourth-order valence-electron chi connectivity index (χ4n) is 5.59. The fourth-order valence-corrected chi connectivity index (χ4v) is 5.92. The second kappa shape index (κ2) is 11.5. The Hall–Kier alpha value is -4.17. The second-order valence-corrected chi connectivity index (χ2v) is 10.7. The highest BCUT2D eigenvalue weighted by Crippen LogP contribution is 2.41. The van der Waals surface area contributed by atoms with Crippen LogP contribution in [0.15, 0.2) is 72.9 Å². The number of pyridine rings is 1. The number of benzene rings is 2. The molecule has 206 valence electrons. The first-order valence-electron chi connectivity index (χ1n) is 13.5. The maximum absolute atomic E-state index is 13.0. The van der Waals surface area contributed by atoms with E-state index in [1.54, 1.807) is 13.3 Å². The summed E-state index contributed by atoms with van der Waals surface area (Å²) < 4.78 is 7.71. The molecule has 2 atom stereocenters. The van der Waals surface area contributed by atoms with Crippen molar-refractivity contribution in [1.82, 2.24) is 19.8 Å². The molecule has 1 aliphatic heterocycles. The quantitative estimate of drug-likeness (QED) is 0.256. The number of aryl methyl sites for hydroxylation is 3. The molecule has 1 aliphatic rings. The number of methoxy groups -OCH3 is 1. The molecule has 0 radical (unpaired) electrons. The van der Waals surface area contributed by atoms with Crippen molar-refractivity contribution >= 4 is 28.9 Å². The van der Waals surface area contributed by atoms with Crippen molar-refractivity contribution in [1.29, 1.82) is 0 Å². The number of amides is 1. The molecule has 2 aromatic carbocycles. The SMILES string of the molecule is COc1ccccc1NC(=O)CCN1C(=S)N[C@H](c2ccccn2)[C@@H]1c1cc(C)n(-c2cc(C)ccc2C)c1C. The zero-order valence-corrected chi connectivity index (χ0v) is 24.4. The molecule has 8 heteroatoms. The van der Waals surface area contributed by atoms with Crippen molar-refractivity contribution < 1.29 is 9.53 Å². The van der Waals surface area contributed by atoms with Crippen molar-refractivity contribution in [2.45, 2.75) is 46.2 Å². The minimum Gasteiger partial charge on any atom is -0.495 e. The third-order valence-corrected chi connectivity index (χ3v) is 7.91. The number of nitrogens with zero attached hydrogens (tertiary/aromatic N) is 3. The second-order valence-electron chi connectivity index (χ2n) is 10.3. The lowest BCUT2D eigenvalue weighted by atomic mass is 9.96. The largest absolute Gasteiger partial charge is 0.495 e. The number of ether oxygens (including phenoxy) is 1. The smallest absolute Gasteiger partial charge is 0.226 e. The highest BCUT2D eigenvalue weighted by molar-refractivity contribution is 7.80. The molecule has 0 aliphatic carbocycles. The van der Waals surface area contributed by atoms with E-state index < -0.39 is 0 Å². The van der Waals surface area contributed by atoms with Crippen LogP contribution in [-0.2, 0) is 4.79 Å². The van der Waals surface area contributed by atoms with Crippen LogP contribution in [0.1, 0.15) is 52.3 Å². The summed E-state index contributed by atoms with van der Waals surface area (Å²) >= 11 is 5.86. The fraction of sp³-hybridized carbons (Fsp3) is 0.281. The van der Waals surface area contributed by atoms with Gasteiger partial charge in [0, 0.05) is 36.2 Å². The van der Waals surface area contributed by atoms with Gasteiger partial charge in [-0.05, 0) is 93.0 Å². The molecule has 2 N–H and O–H groups in total. The third-order valence-electron chi connectivity index (χ3n) is 7.55. The molecule has 4 aromatic rings. The monoisotopic (exact) mass is 553 g/mol. The molecule has 0 saturated carbocycles. The highest BCUT2D eigenvalue weighted by Gasteiger charge is 2.41. The average molecular weight is 554 g/mol. The van der Waals surface area contributed by atoms with Gasteiger partial charge in [-0.25, -0.2) is 0 Å². The molecule has 1 fully saturated rings. The number of carbonyl (C=O) groups excluding carboxylic acids is 1. The lowest BCUT2D eigenvalue weighted by Crippen LogP contribution is -2.33. The van der Waals surface area contributed by atoms with Crippen LogP contribution in [0, 0.1) is 27.7 Å². The number of aromatic nitrogens is 2. The molecule has 1 amide bonds. The predicted octanol–water partition coefficient (Wildman–Crippen LogP) is 6.12. The van der Waals surface area contributed by atoms with Crippen LogP contribution in [0.3, 0.4) is 0 Å². The Bertz CT molecular complexity index is 1550. The Morgan fingerprint density at radius 3 is 2.58 bits per heavy atom. The summed E-state index contributed by atoms with van der Waals surface area (Å²) in [5.41, 5.74) is 8.61. The van der Waals surface area contributed by atoms with Gasteiger partial charge in [0.2, 0.25) is 5.91 Å². The van der Waals surface area contributed by atoms with E-state index in [0.29, 0.717) is 23.1 Å². The third kappa shape index (κ3) is 5.31. The summed E-state index contributed by atoms with van der Waals surface area (Å²) in [5.74, 6) is 0.523. The number of rotatable bonds is 8. The molecule has 7 nitrogen and oxygen atoms in total. The zero-order chi connectivity index (χ0) is 28.4. The normalized spacial score (nSPS) is 16.6. The summed E-state index contributed by atoms with van der Waals surface area (Å²) in [6, 6.07) is 21.8. The van der Waals surface area contributed by atoms with Gasteiger partial charge in [-0.2, -0.15) is 0 Å². The van der Waals surface area contributed by atoms with Crippen LogP contribution >= 0.6 is 12.2 Å². The minimum atomic E-state index is -0.154. The highest BCUT2D eigenvalue weighted by atomic mass is 32.1. The summed E-state index contributed by atoms with van der Waals surface area (Å²) in [5, 5.41) is 7.11. The van der Waals surface area contributed by atoms with Crippen LogP contribution in [0.2, 0.25) is 0 Å². The Kier molecular flexibility index (Phi) is 7.89. The maximum Gasteiger partial charge on any atom is 0.226 e. The molecular formula is C32H35N5O2S. The van der Waals surface area contributed by atoms with E-state index in [4.69, 9.17) is 17.0 Å². The van der Waals surface area contributed by atoms with Crippen molar-refractivity contribution in [3.63, 3.8) is 0 Å². The Morgan fingerprint density at radius 2 is 1.82 bits per heavy atom. The molecule has 3 heterocycles. The topological polar surface area (TPSA) is 71.4 Å². The number of thiocarbonyl (C=S) groups is 1. The molecule has 0 unspecified atom stereocenters. The van der Waals surface area contributed by atoms with Gasteiger partial charge < -0.3 is 24.8 Å². The Morgan fingerprint density at radius 1 is 1.05 bits per heavy atom. The van der Waals surface area contributed by atoms with E-state index in [2.05, 4.69) is 77.0 Å². The number of nitrogens with one attached hydrogen (secondary N) is 2. The summed E-state index contributed by atoms with van der Waals surface area (Å²) in [6.45, 7) is 9.01. The first-order chi connectivity index (χ1) is 19.3. The molecule has 40 heavy (non-hydrogen) atoms. The van der Waals surface area contributed by atoms with Gasteiger partial charge in [-0.3, -0.25) is 9.78 Å². The number of hydrogen-bond donors (Lipinski definition) is 2. The van der Waals surface area contributed by atoms with Crippen molar-refractivity contribution in [3.8, 4) is 11.4 Å². The van der Waals surface area contributed by atoms with Crippen molar-refractivity contribution in [2.24, 2.45) is 0 Å². The van der Waals surface area contributed by atoms with E-state index in [-0.39, 0.29) is 24.4 Å². The van der Waals surface area contributed by atoms with Crippen LogP contribution in [0.5, 0.6) is 5.75 Å². The molecule has 2 aromatic heterocycles. The van der Waals surface area contributed by atoms with Gasteiger partial charge in [0.25, 0.3) is 0 Å². The first kappa shape index (κ1) is 27.4. The van der Waals surface area contributed by atoms with Crippen LogP contribution in [0.25, 0.3) is 5.69 Å². The lowest BCUT2D eigenvalue weighted by molar-refractivity contribution is -0.116. The zero-order valence-electron chi connectivity index (χ0n) is 23.6. The van der Waals surface area contributed by atoms with Gasteiger partial charge in [0.05, 0.1) is 30.6 Å². The van der Waals surface area contributed by atoms with Gasteiger partial charge in [-0.1, -0.05) is 30.3 Å². The first-order valence-corrected chi connectivity index (χ1v) is 13.9. The van der Waals surface area contributed by atoms with E-state index in [1.165, 1.54) is 16.8 Å². The van der Waals surface area contributed by atoms with Gasteiger partial charge in [-0.15, -0.1) is 0 Å². The van der Waals surface area contributed by atoms with E-state index in [9.17, 15) is 4.79 Å². The Balaban J connectivity index is 1.49. The summed E-state index contributed by atoms with van der Waals surface area (Å²) in [6.07, 6.45) is 2.07. The molecule has 5 rings (SSSR count). The van der Waals surface area contributed by atoms with Crippen LogP contribution in [-0.4, -0.2) is 39.1 Å². The van der Waals surface area contributed by atoms with Gasteiger partial charge in [0.1, 0.15) is 5.75 Å². The number of carbonyl (C=O) groups is 1. The maximum atomic E-state index is 13.0. The number of para-hydroxylation sites is 2. The summed E-state index contributed by atoms with van der Waals surface area (Å²) in [7, 11) is 1.59. The van der Waals surface area contributed by atoms with Crippen LogP contribution in [0.4, 0.5) is 5.69 Å².